The minimum atomic E-state index is -1.13. The van der Waals surface area contributed by atoms with E-state index in [-0.39, 0.29) is 26.2 Å². The van der Waals surface area contributed by atoms with Gasteiger partial charge >= 0.3 is 11.9 Å². The maximum absolute atomic E-state index is 13.0. The molecule has 2 N–H and O–H groups in total. The summed E-state index contributed by atoms with van der Waals surface area (Å²) in [7, 11) is 0. The van der Waals surface area contributed by atoms with Crippen molar-refractivity contribution in [2.24, 2.45) is 0 Å². The number of carbonyl (C=O) groups excluding carboxylic acids is 8. The van der Waals surface area contributed by atoms with Gasteiger partial charge in [0.2, 0.25) is 35.4 Å². The Labute approximate surface area is 288 Å². The number of nitrogens with one attached hydrogen (secondary N) is 2. The molecule has 0 spiro atoms. The van der Waals surface area contributed by atoms with E-state index in [1.807, 2.05) is 0 Å². The predicted octanol–water partition coefficient (Wildman–Crippen LogP) is -0.139. The first-order valence-electron chi connectivity index (χ1n) is 15.9. The van der Waals surface area contributed by atoms with Crippen molar-refractivity contribution in [1.82, 2.24) is 30.2 Å². The topological polar surface area (TPSA) is 192 Å². The van der Waals surface area contributed by atoms with Crippen LogP contribution in [0.4, 0.5) is 0 Å². The van der Waals surface area contributed by atoms with Crippen LogP contribution in [0.25, 0.3) is 0 Å². The quantitative estimate of drug-likeness (QED) is 0.209. The molecule has 0 radical (unpaired) electrons. The summed E-state index contributed by atoms with van der Waals surface area (Å²) in [5, 5.41) is 5.02. The number of piperazine rings is 2. The van der Waals surface area contributed by atoms with Gasteiger partial charge in [-0.05, 0) is 25.0 Å². The molecule has 0 aromatic heterocycles. The number of benzene rings is 2. The van der Waals surface area contributed by atoms with E-state index in [1.165, 1.54) is 13.8 Å². The second-order valence-corrected chi connectivity index (χ2v) is 12.0. The summed E-state index contributed by atoms with van der Waals surface area (Å²) < 4.78 is 10.5. The molecule has 0 aliphatic carbocycles. The van der Waals surface area contributed by atoms with Gasteiger partial charge in [0, 0.05) is 25.9 Å². The maximum atomic E-state index is 13.0. The summed E-state index contributed by atoms with van der Waals surface area (Å²) >= 11 is 0. The number of esters is 2. The Morgan fingerprint density at radius 1 is 0.580 bits per heavy atom. The first-order valence-corrected chi connectivity index (χ1v) is 15.9. The minimum absolute atomic E-state index is 0.197. The lowest BCUT2D eigenvalue weighted by atomic mass is 10.1. The first kappa shape index (κ1) is 37.3. The van der Waals surface area contributed by atoms with Crippen LogP contribution in [0.3, 0.4) is 0 Å². The largest absolute Gasteiger partial charge is 0.442 e. The lowest BCUT2D eigenvalue weighted by Gasteiger charge is -2.43. The van der Waals surface area contributed by atoms with Crippen molar-refractivity contribution in [3.8, 4) is 0 Å². The Hall–Kier alpha value is -5.48. The number of rotatable bonds is 13. The fourth-order valence-corrected chi connectivity index (χ4v) is 5.58. The monoisotopic (exact) mass is 692 g/mol. The standard InChI is InChI=1S/C34H40N6O10/c1-21(37-15-27(43)39(28(44)16-37)19-49-33(47)31(35-23(3)41)25-11-7-5-8-12-25)22(2)38-17-29(45)40(30(46)18-38)20-50-34(48)32(36-24(4)42)26-13-9-6-10-14-26/h5-14,21-22,31-32H,15-20H2,1-4H3,(H,35,41)(H,36,42). The van der Waals surface area contributed by atoms with E-state index in [4.69, 9.17) is 9.47 Å². The van der Waals surface area contributed by atoms with E-state index >= 15 is 0 Å². The third kappa shape index (κ3) is 9.35. The molecule has 0 saturated carbocycles. The summed E-state index contributed by atoms with van der Waals surface area (Å²) in [4.78, 5) is 106. The van der Waals surface area contributed by atoms with Crippen LogP contribution in [-0.2, 0) is 47.8 Å². The molecule has 2 heterocycles. The van der Waals surface area contributed by atoms with Crippen molar-refractivity contribution in [2.75, 3.05) is 39.6 Å². The Kier molecular flexibility index (Phi) is 12.5. The van der Waals surface area contributed by atoms with Gasteiger partial charge < -0.3 is 20.1 Å². The predicted molar refractivity (Wildman–Crippen MR) is 174 cm³/mol. The van der Waals surface area contributed by atoms with E-state index in [1.54, 1.807) is 84.3 Å². The minimum Gasteiger partial charge on any atom is -0.442 e. The normalized spacial score (nSPS) is 18.2. The lowest BCUT2D eigenvalue weighted by molar-refractivity contribution is -0.170. The van der Waals surface area contributed by atoms with Crippen LogP contribution in [0.1, 0.15) is 50.9 Å². The van der Waals surface area contributed by atoms with Crippen molar-refractivity contribution in [2.45, 2.75) is 51.9 Å². The van der Waals surface area contributed by atoms with Crippen LogP contribution in [0.5, 0.6) is 0 Å². The third-order valence-electron chi connectivity index (χ3n) is 8.51. The highest BCUT2D eigenvalue weighted by molar-refractivity contribution is 6.00. The van der Waals surface area contributed by atoms with Crippen molar-refractivity contribution in [3.63, 3.8) is 0 Å². The third-order valence-corrected chi connectivity index (χ3v) is 8.51. The summed E-state index contributed by atoms with van der Waals surface area (Å²) in [6, 6.07) is 13.6. The van der Waals surface area contributed by atoms with Gasteiger partial charge in [-0.3, -0.25) is 38.6 Å². The molecule has 6 amide bonds. The van der Waals surface area contributed by atoms with Gasteiger partial charge in [-0.1, -0.05) is 60.7 Å². The van der Waals surface area contributed by atoms with Crippen LogP contribution < -0.4 is 10.6 Å². The Bertz CT molecular complexity index is 1470. The molecular formula is C34H40N6O10. The number of hydrogen-bond acceptors (Lipinski definition) is 12. The van der Waals surface area contributed by atoms with Gasteiger partial charge in [0.05, 0.1) is 26.2 Å². The molecule has 0 bridgehead atoms. The number of hydrogen-bond donors (Lipinski definition) is 2. The second-order valence-electron chi connectivity index (χ2n) is 12.0. The van der Waals surface area contributed by atoms with E-state index in [9.17, 15) is 38.4 Å². The molecule has 2 aromatic carbocycles. The number of amides is 6. The van der Waals surface area contributed by atoms with Crippen molar-refractivity contribution in [3.05, 3.63) is 71.8 Å². The molecule has 16 heteroatoms. The van der Waals surface area contributed by atoms with E-state index < -0.39 is 85.0 Å². The van der Waals surface area contributed by atoms with Crippen LogP contribution in [0.15, 0.2) is 60.7 Å². The smallest absolute Gasteiger partial charge is 0.335 e. The van der Waals surface area contributed by atoms with Crippen LogP contribution in [0, 0.1) is 0 Å². The molecular weight excluding hydrogens is 652 g/mol. The highest BCUT2D eigenvalue weighted by Gasteiger charge is 2.40. The molecule has 2 saturated heterocycles. The Morgan fingerprint density at radius 2 is 0.880 bits per heavy atom. The first-order chi connectivity index (χ1) is 23.8. The van der Waals surface area contributed by atoms with E-state index in [0.717, 1.165) is 9.80 Å². The van der Waals surface area contributed by atoms with Crippen LogP contribution >= 0.6 is 0 Å². The van der Waals surface area contributed by atoms with Crippen molar-refractivity contribution >= 4 is 47.4 Å². The van der Waals surface area contributed by atoms with Crippen molar-refractivity contribution in [1.29, 1.82) is 0 Å². The number of ether oxygens (including phenoxy) is 2. The summed E-state index contributed by atoms with van der Waals surface area (Å²) in [5.74, 6) is -5.09. The van der Waals surface area contributed by atoms with E-state index in [0.29, 0.717) is 11.1 Å². The van der Waals surface area contributed by atoms with Gasteiger partial charge in [-0.2, -0.15) is 0 Å². The average Bonchev–Trinajstić information content (AvgIpc) is 3.08. The molecule has 2 aliphatic rings. The molecule has 2 aliphatic heterocycles. The van der Waals surface area contributed by atoms with Gasteiger partial charge in [0.1, 0.15) is 0 Å². The number of nitrogens with zero attached hydrogens (tertiary/aromatic N) is 4. The van der Waals surface area contributed by atoms with Crippen molar-refractivity contribution < 1.29 is 47.8 Å². The molecule has 2 fully saturated rings. The molecule has 4 rings (SSSR count). The zero-order valence-corrected chi connectivity index (χ0v) is 28.2. The van der Waals surface area contributed by atoms with Gasteiger partial charge in [0.25, 0.3) is 0 Å². The average molecular weight is 693 g/mol. The number of imide groups is 2. The second kappa shape index (κ2) is 16.8. The zero-order chi connectivity index (χ0) is 36.5. The highest BCUT2D eigenvalue weighted by atomic mass is 16.6. The maximum Gasteiger partial charge on any atom is 0.335 e. The van der Waals surface area contributed by atoms with Gasteiger partial charge in [0.15, 0.2) is 25.5 Å². The van der Waals surface area contributed by atoms with Gasteiger partial charge in [-0.15, -0.1) is 0 Å². The highest BCUT2D eigenvalue weighted by Crippen LogP contribution is 2.20. The fraction of sp³-hybridized carbons (Fsp3) is 0.412. The zero-order valence-electron chi connectivity index (χ0n) is 28.2. The Morgan fingerprint density at radius 3 is 1.16 bits per heavy atom. The summed E-state index contributed by atoms with van der Waals surface area (Å²) in [6.45, 7) is 3.96. The number of carbonyl (C=O) groups is 8. The molecule has 4 unspecified atom stereocenters. The van der Waals surface area contributed by atoms with Gasteiger partial charge in [-0.25, -0.2) is 19.4 Å². The van der Waals surface area contributed by atoms with Crippen LogP contribution in [0.2, 0.25) is 0 Å². The summed E-state index contributed by atoms with van der Waals surface area (Å²) in [6.07, 6.45) is 0. The lowest BCUT2D eigenvalue weighted by Crippen LogP contribution is -2.63. The summed E-state index contributed by atoms with van der Waals surface area (Å²) in [5.41, 5.74) is 0.936. The van der Waals surface area contributed by atoms with Crippen LogP contribution in [-0.4, -0.2) is 119 Å². The SMILES string of the molecule is CC(=O)NC(C(=O)OCN1C(=O)CN(C(C)C(C)N2CC(=O)N(COC(=O)C(NC(C)=O)c3ccccc3)C(=O)C2)CC1=O)c1ccccc1. The molecule has 50 heavy (non-hydrogen) atoms. The molecule has 2 aromatic rings. The van der Waals surface area contributed by atoms with E-state index in [2.05, 4.69) is 10.6 Å². The molecule has 16 nitrogen and oxygen atoms in total. The molecule has 4 atom stereocenters. The Balaban J connectivity index is 1.30. The molecule has 266 valence electrons. The fourth-order valence-electron chi connectivity index (χ4n) is 5.58.